The first-order chi connectivity index (χ1) is 6.99. The SMILES string of the molecule is Cc1cc(Br)c([N+](=O)[O-])c(Br)c1N=C=O. The highest BCUT2D eigenvalue weighted by atomic mass is 79.9. The highest BCUT2D eigenvalue weighted by molar-refractivity contribution is 9.11. The number of nitrogens with zero attached hydrogens (tertiary/aromatic N) is 2. The Morgan fingerprint density at radius 3 is 2.60 bits per heavy atom. The van der Waals surface area contributed by atoms with Crippen molar-refractivity contribution in [1.82, 2.24) is 0 Å². The minimum Gasteiger partial charge on any atom is -0.258 e. The predicted molar refractivity (Wildman–Crippen MR) is 61.0 cm³/mol. The van der Waals surface area contributed by atoms with Crippen LogP contribution in [-0.2, 0) is 4.79 Å². The molecule has 15 heavy (non-hydrogen) atoms. The zero-order valence-electron chi connectivity index (χ0n) is 7.45. The van der Waals surface area contributed by atoms with Crippen LogP contribution < -0.4 is 0 Å². The molecule has 1 rings (SSSR count). The molecule has 1 aromatic rings. The first-order valence-corrected chi connectivity index (χ1v) is 5.28. The van der Waals surface area contributed by atoms with E-state index in [0.29, 0.717) is 10.0 Å². The topological polar surface area (TPSA) is 72.6 Å². The molecule has 0 atom stereocenters. The molecule has 0 aliphatic heterocycles. The lowest BCUT2D eigenvalue weighted by molar-refractivity contribution is -0.386. The number of hydrogen-bond acceptors (Lipinski definition) is 4. The Bertz CT molecular complexity index is 455. The zero-order valence-corrected chi connectivity index (χ0v) is 10.6. The summed E-state index contributed by atoms with van der Waals surface area (Å²) in [5, 5.41) is 10.7. The average Bonchev–Trinajstić information content (AvgIpc) is 2.11. The maximum atomic E-state index is 10.7. The molecule has 0 bridgehead atoms. The molecule has 5 nitrogen and oxygen atoms in total. The van der Waals surface area contributed by atoms with Crippen LogP contribution in [0.2, 0.25) is 0 Å². The van der Waals surface area contributed by atoms with E-state index in [1.165, 1.54) is 12.1 Å². The summed E-state index contributed by atoms with van der Waals surface area (Å²) in [7, 11) is 0. The number of aryl methyl sites for hydroxylation is 1. The molecule has 0 amide bonds. The standard InChI is InChI=1S/C8H4Br2N2O3/c1-4-2-5(9)8(12(14)15)6(10)7(4)11-3-13/h2H,1H3. The molecule has 0 spiro atoms. The molecule has 0 unspecified atom stereocenters. The van der Waals surface area contributed by atoms with Crippen molar-refractivity contribution in [2.75, 3.05) is 0 Å². The number of isocyanates is 1. The molecule has 0 radical (unpaired) electrons. The second-order valence-corrected chi connectivity index (χ2v) is 4.29. The smallest absolute Gasteiger partial charge is 0.258 e. The van der Waals surface area contributed by atoms with E-state index in [1.807, 2.05) is 0 Å². The van der Waals surface area contributed by atoms with Crippen molar-refractivity contribution in [3.63, 3.8) is 0 Å². The number of carbonyl (C=O) groups excluding carboxylic acids is 1. The van der Waals surface area contributed by atoms with Crippen molar-refractivity contribution in [3.8, 4) is 0 Å². The molecule has 7 heteroatoms. The second-order valence-electron chi connectivity index (χ2n) is 2.65. The summed E-state index contributed by atoms with van der Waals surface area (Å²) in [6.07, 6.45) is 1.36. The highest BCUT2D eigenvalue weighted by Gasteiger charge is 2.22. The Balaban J connectivity index is 3.63. The van der Waals surface area contributed by atoms with Gasteiger partial charge in [0.05, 0.1) is 9.40 Å². The van der Waals surface area contributed by atoms with Gasteiger partial charge in [0.15, 0.2) is 0 Å². The van der Waals surface area contributed by atoms with E-state index in [1.54, 1.807) is 6.92 Å². The molecule has 0 fully saturated rings. The van der Waals surface area contributed by atoms with Gasteiger partial charge in [-0.15, -0.1) is 0 Å². The Morgan fingerprint density at radius 1 is 1.53 bits per heavy atom. The maximum Gasteiger partial charge on any atom is 0.299 e. The normalized spacial score (nSPS) is 9.53. The lowest BCUT2D eigenvalue weighted by Crippen LogP contribution is -1.92. The van der Waals surface area contributed by atoms with Crippen molar-refractivity contribution in [2.45, 2.75) is 6.92 Å². The second kappa shape index (κ2) is 4.65. The van der Waals surface area contributed by atoms with Gasteiger partial charge in [-0.25, -0.2) is 4.79 Å². The molecule has 1 aromatic carbocycles. The zero-order chi connectivity index (χ0) is 11.6. The van der Waals surface area contributed by atoms with Crippen LogP contribution in [0.3, 0.4) is 0 Å². The molecule has 0 saturated heterocycles. The first kappa shape index (κ1) is 12.0. The average molecular weight is 336 g/mol. The van der Waals surface area contributed by atoms with Gasteiger partial charge in [0.1, 0.15) is 10.2 Å². The third-order valence-electron chi connectivity index (χ3n) is 1.70. The van der Waals surface area contributed by atoms with Gasteiger partial charge in [0.2, 0.25) is 6.08 Å². The van der Waals surface area contributed by atoms with Gasteiger partial charge in [-0.2, -0.15) is 4.99 Å². The monoisotopic (exact) mass is 334 g/mol. The first-order valence-electron chi connectivity index (χ1n) is 3.70. The van der Waals surface area contributed by atoms with Crippen molar-refractivity contribution in [3.05, 3.63) is 30.7 Å². The van der Waals surface area contributed by atoms with Gasteiger partial charge in [-0.05, 0) is 50.4 Å². The molecule has 0 heterocycles. The van der Waals surface area contributed by atoms with Crippen LogP contribution in [-0.4, -0.2) is 11.0 Å². The van der Waals surface area contributed by atoms with Gasteiger partial charge in [0.25, 0.3) is 5.69 Å². The van der Waals surface area contributed by atoms with Gasteiger partial charge in [-0.3, -0.25) is 10.1 Å². The number of halogens is 2. The van der Waals surface area contributed by atoms with Gasteiger partial charge in [0, 0.05) is 0 Å². The van der Waals surface area contributed by atoms with E-state index in [0.717, 1.165) is 0 Å². The van der Waals surface area contributed by atoms with Crippen molar-refractivity contribution in [1.29, 1.82) is 0 Å². The Morgan fingerprint density at radius 2 is 2.13 bits per heavy atom. The molecular weight excluding hydrogens is 332 g/mol. The van der Waals surface area contributed by atoms with Crippen LogP contribution in [0, 0.1) is 17.0 Å². The summed E-state index contributed by atoms with van der Waals surface area (Å²) in [5.41, 5.74) is 0.706. The number of nitro benzene ring substituents is 1. The van der Waals surface area contributed by atoms with E-state index in [9.17, 15) is 14.9 Å². The molecule has 78 valence electrons. The maximum absolute atomic E-state index is 10.7. The van der Waals surface area contributed by atoms with E-state index in [4.69, 9.17) is 0 Å². The summed E-state index contributed by atoms with van der Waals surface area (Å²) < 4.78 is 0.504. The summed E-state index contributed by atoms with van der Waals surface area (Å²) in [6.45, 7) is 1.69. The highest BCUT2D eigenvalue weighted by Crippen LogP contribution is 2.41. The Hall–Kier alpha value is -1.04. The van der Waals surface area contributed by atoms with Gasteiger partial charge >= 0.3 is 0 Å². The van der Waals surface area contributed by atoms with Crippen molar-refractivity contribution >= 4 is 49.3 Å². The Kier molecular flexibility index (Phi) is 3.73. The van der Waals surface area contributed by atoms with Crippen LogP contribution in [0.15, 0.2) is 20.0 Å². The fourth-order valence-corrected chi connectivity index (χ4v) is 2.78. The molecular formula is C8H4Br2N2O3. The predicted octanol–water partition coefficient (Wildman–Crippen LogP) is 3.40. The van der Waals surface area contributed by atoms with E-state index >= 15 is 0 Å². The van der Waals surface area contributed by atoms with Crippen LogP contribution in [0.25, 0.3) is 0 Å². The van der Waals surface area contributed by atoms with Crippen LogP contribution in [0.1, 0.15) is 5.56 Å². The Labute approximate surface area is 102 Å². The lowest BCUT2D eigenvalue weighted by Gasteiger charge is -2.04. The van der Waals surface area contributed by atoms with Crippen molar-refractivity contribution in [2.24, 2.45) is 4.99 Å². The molecule has 0 aliphatic carbocycles. The minimum atomic E-state index is -0.558. The summed E-state index contributed by atoms with van der Waals surface area (Å²) >= 11 is 6.11. The largest absolute Gasteiger partial charge is 0.299 e. The summed E-state index contributed by atoms with van der Waals surface area (Å²) in [5.74, 6) is 0. The van der Waals surface area contributed by atoms with Gasteiger partial charge in [-0.1, -0.05) is 0 Å². The molecule has 0 aliphatic rings. The third-order valence-corrected chi connectivity index (χ3v) is 3.05. The number of benzene rings is 1. The number of aliphatic imine (C=N–C) groups is 1. The lowest BCUT2D eigenvalue weighted by atomic mass is 10.2. The molecule has 0 N–H and O–H groups in total. The number of hydrogen-bond donors (Lipinski definition) is 0. The fourth-order valence-electron chi connectivity index (χ4n) is 1.07. The fraction of sp³-hybridized carbons (Fsp3) is 0.125. The summed E-state index contributed by atoms with van der Waals surface area (Å²) in [4.78, 5) is 23.7. The molecule has 0 aromatic heterocycles. The van der Waals surface area contributed by atoms with Gasteiger partial charge < -0.3 is 0 Å². The van der Waals surface area contributed by atoms with E-state index < -0.39 is 4.92 Å². The van der Waals surface area contributed by atoms with E-state index in [-0.39, 0.29) is 15.8 Å². The summed E-state index contributed by atoms with van der Waals surface area (Å²) in [6, 6.07) is 1.53. The number of rotatable bonds is 2. The molecule has 0 saturated carbocycles. The van der Waals surface area contributed by atoms with Crippen molar-refractivity contribution < 1.29 is 9.72 Å². The quantitative estimate of drug-likeness (QED) is 0.360. The van der Waals surface area contributed by atoms with Crippen LogP contribution in [0.4, 0.5) is 11.4 Å². The van der Waals surface area contributed by atoms with E-state index in [2.05, 4.69) is 36.9 Å². The minimum absolute atomic E-state index is 0.158. The van der Waals surface area contributed by atoms with Crippen LogP contribution in [0.5, 0.6) is 0 Å². The third kappa shape index (κ3) is 2.31. The number of nitro groups is 1. The van der Waals surface area contributed by atoms with Crippen LogP contribution >= 0.6 is 31.9 Å².